The standard InChI is InChI=1S/C53H73N7O8S/c1-13-40(46(54-14-2)35(8)67-12)48-42-29-53(9,10)32-68-52(64)43-20-17-24-60(56-43)51(63)44(27-36-18-16-19-37(26-36)38-21-22-45(41(42)28-38)59(48)15-3)55-49(61)47(34(6)7)57(11)50(62)39-23-25-58(30-39)69(65,66)31-33(4)5/h13-14,16,18-19,21-22,26,28,31,34-35,39,43-44,47,56H,1,15,17,20,23-25,27,29-30,32H2,2-12H3,(H,55,61)/b46-40+,54-14-/t35-,39-,43-,44-,47-/m0/s1. The van der Waals surface area contributed by atoms with Crippen LogP contribution < -0.4 is 10.7 Å². The number of allylic oxidation sites excluding steroid dienone is 3. The maximum Gasteiger partial charge on any atom is 0.324 e. The summed E-state index contributed by atoms with van der Waals surface area (Å²) in [6, 6.07) is 11.5. The second kappa shape index (κ2) is 22.1. The van der Waals surface area contributed by atoms with E-state index in [-0.39, 0.29) is 44.0 Å². The highest BCUT2D eigenvalue weighted by molar-refractivity contribution is 7.92. The molecule has 2 saturated heterocycles. The number of carbonyl (C=O) groups excluding carboxylic acids is 4. The van der Waals surface area contributed by atoms with Crippen LogP contribution >= 0.6 is 0 Å². The first-order chi connectivity index (χ1) is 32.6. The van der Waals surface area contributed by atoms with Gasteiger partial charge in [-0.05, 0) is 101 Å². The largest absolute Gasteiger partial charge is 0.464 e. The van der Waals surface area contributed by atoms with E-state index in [2.05, 4.69) is 60.9 Å². The first-order valence-corrected chi connectivity index (χ1v) is 25.7. The van der Waals surface area contributed by atoms with Crippen LogP contribution in [0.4, 0.5) is 0 Å². The predicted molar refractivity (Wildman–Crippen MR) is 272 cm³/mol. The Morgan fingerprint density at radius 1 is 1.09 bits per heavy atom. The molecule has 6 bridgehead atoms. The number of ether oxygens (including phenoxy) is 2. The van der Waals surface area contributed by atoms with E-state index in [1.807, 2.05) is 58.0 Å². The number of aryl methyl sites for hydroxylation is 1. The lowest BCUT2D eigenvalue weighted by atomic mass is 9.84. The Kier molecular flexibility index (Phi) is 17.0. The van der Waals surface area contributed by atoms with Gasteiger partial charge in [0.05, 0.1) is 30.0 Å². The number of benzene rings is 2. The van der Waals surface area contributed by atoms with Gasteiger partial charge >= 0.3 is 5.97 Å². The van der Waals surface area contributed by atoms with Gasteiger partial charge in [0, 0.05) is 80.3 Å². The molecule has 2 aromatic carbocycles. The molecular formula is C53H73N7O8S. The number of cyclic esters (lactones) is 1. The third-order valence-corrected chi connectivity index (χ3v) is 15.3. The van der Waals surface area contributed by atoms with Crippen molar-refractivity contribution in [2.45, 2.75) is 125 Å². The first kappa shape index (κ1) is 52.9. The maximum absolute atomic E-state index is 14.8. The van der Waals surface area contributed by atoms with Crippen LogP contribution in [-0.2, 0) is 58.1 Å². The number of hydrazine groups is 1. The Hall–Kier alpha value is -5.42. The highest BCUT2D eigenvalue weighted by atomic mass is 32.2. The average Bonchev–Trinajstić information content (AvgIpc) is 3.93. The Bertz CT molecular complexity index is 2640. The summed E-state index contributed by atoms with van der Waals surface area (Å²) in [7, 11) is -0.478. The van der Waals surface area contributed by atoms with E-state index in [9.17, 15) is 27.6 Å². The van der Waals surface area contributed by atoms with E-state index in [1.165, 1.54) is 19.6 Å². The minimum atomic E-state index is -3.70. The van der Waals surface area contributed by atoms with Crippen molar-refractivity contribution < 1.29 is 37.1 Å². The van der Waals surface area contributed by atoms with E-state index in [4.69, 9.17) is 14.5 Å². The number of aromatic nitrogens is 1. The van der Waals surface area contributed by atoms with Crippen LogP contribution in [0.25, 0.3) is 27.6 Å². The molecule has 0 radical (unpaired) electrons. The van der Waals surface area contributed by atoms with Crippen molar-refractivity contribution in [3.8, 4) is 11.1 Å². The molecule has 3 aliphatic heterocycles. The summed E-state index contributed by atoms with van der Waals surface area (Å²) in [6.07, 6.45) is 5.22. The Morgan fingerprint density at radius 3 is 2.46 bits per heavy atom. The summed E-state index contributed by atoms with van der Waals surface area (Å²) >= 11 is 0. The number of hydrogen-bond acceptors (Lipinski definition) is 10. The topological polar surface area (TPSA) is 172 Å². The number of carbonyl (C=O) groups is 4. The quantitative estimate of drug-likeness (QED) is 0.103. The van der Waals surface area contributed by atoms with Crippen LogP contribution in [0.1, 0.15) is 98.4 Å². The number of aliphatic imine (C=N–C) groups is 1. The zero-order valence-electron chi connectivity index (χ0n) is 42.4. The Labute approximate surface area is 409 Å². The number of sulfonamides is 1. The highest BCUT2D eigenvalue weighted by Gasteiger charge is 2.41. The molecule has 5 atom stereocenters. The van der Waals surface area contributed by atoms with Crippen molar-refractivity contribution in [2.24, 2.45) is 22.2 Å². The fraction of sp³-hybridized carbons (Fsp3) is 0.528. The van der Waals surface area contributed by atoms with Gasteiger partial charge in [-0.25, -0.2) is 13.8 Å². The monoisotopic (exact) mass is 968 g/mol. The van der Waals surface area contributed by atoms with E-state index in [1.54, 1.807) is 34.2 Å². The average molecular weight is 968 g/mol. The normalized spacial score (nSPS) is 21.6. The Balaban J connectivity index is 1.42. The molecule has 374 valence electrons. The van der Waals surface area contributed by atoms with E-state index < -0.39 is 57.3 Å². The highest BCUT2D eigenvalue weighted by Crippen LogP contribution is 2.40. The number of nitrogens with zero attached hydrogens (tertiary/aromatic N) is 5. The molecule has 2 N–H and O–H groups in total. The molecule has 0 unspecified atom stereocenters. The van der Waals surface area contributed by atoms with E-state index in [0.29, 0.717) is 44.3 Å². The molecule has 3 aliphatic rings. The second-order valence-electron chi connectivity index (χ2n) is 20.0. The molecule has 3 aromatic rings. The molecular weight excluding hydrogens is 895 g/mol. The van der Waals surface area contributed by atoms with Gasteiger partial charge in [0.2, 0.25) is 21.8 Å². The third-order valence-electron chi connectivity index (χ3n) is 13.4. The smallest absolute Gasteiger partial charge is 0.324 e. The van der Waals surface area contributed by atoms with Crippen LogP contribution in [0.15, 0.2) is 76.8 Å². The van der Waals surface area contributed by atoms with E-state index >= 15 is 0 Å². The molecule has 6 rings (SSSR count). The number of likely N-dealkylation sites (N-methyl/N-ethyl adjacent to an activating group) is 1. The summed E-state index contributed by atoms with van der Waals surface area (Å²) in [6.45, 7) is 22.7. The number of methoxy groups -OCH3 is 1. The lowest BCUT2D eigenvalue weighted by Crippen LogP contribution is -2.62. The predicted octanol–water partition coefficient (Wildman–Crippen LogP) is 7.06. The molecule has 2 fully saturated rings. The van der Waals surface area contributed by atoms with E-state index in [0.717, 1.165) is 50.1 Å². The summed E-state index contributed by atoms with van der Waals surface area (Å²) in [4.78, 5) is 63.6. The summed E-state index contributed by atoms with van der Waals surface area (Å²) in [5.41, 5.74) is 10.5. The second-order valence-corrected chi connectivity index (χ2v) is 21.8. The van der Waals surface area contributed by atoms with Crippen molar-refractivity contribution in [1.82, 2.24) is 29.5 Å². The van der Waals surface area contributed by atoms with Gasteiger partial charge in [-0.1, -0.05) is 76.3 Å². The molecule has 1 aromatic heterocycles. The zero-order chi connectivity index (χ0) is 50.5. The zero-order valence-corrected chi connectivity index (χ0v) is 43.2. The van der Waals surface area contributed by atoms with Crippen molar-refractivity contribution in [3.05, 3.63) is 88.6 Å². The number of fused-ring (bicyclic) bond motifs is 6. The van der Waals surface area contributed by atoms with Gasteiger partial charge in [0.25, 0.3) is 5.91 Å². The number of hydrogen-bond donors (Lipinski definition) is 2. The minimum absolute atomic E-state index is 0.0102. The van der Waals surface area contributed by atoms with Gasteiger partial charge in [0.1, 0.15) is 18.1 Å². The van der Waals surface area contributed by atoms with Crippen LogP contribution in [0.3, 0.4) is 0 Å². The lowest BCUT2D eigenvalue weighted by Gasteiger charge is -2.37. The molecule has 0 saturated carbocycles. The van der Waals surface area contributed by atoms with Gasteiger partial charge in [-0.2, -0.15) is 4.31 Å². The maximum atomic E-state index is 14.8. The van der Waals surface area contributed by atoms with Crippen LogP contribution in [0.2, 0.25) is 0 Å². The van der Waals surface area contributed by atoms with Gasteiger partial charge in [0.15, 0.2) is 0 Å². The molecule has 4 heterocycles. The Morgan fingerprint density at radius 2 is 1.81 bits per heavy atom. The summed E-state index contributed by atoms with van der Waals surface area (Å²) < 4.78 is 41.5. The molecule has 69 heavy (non-hydrogen) atoms. The molecule has 0 aliphatic carbocycles. The summed E-state index contributed by atoms with van der Waals surface area (Å²) in [5.74, 6) is -2.78. The molecule has 0 spiro atoms. The molecule has 15 nitrogen and oxygen atoms in total. The van der Waals surface area contributed by atoms with Crippen molar-refractivity contribution in [1.29, 1.82) is 0 Å². The number of esters is 1. The fourth-order valence-electron chi connectivity index (χ4n) is 10.0. The summed E-state index contributed by atoms with van der Waals surface area (Å²) in [5, 5.41) is 6.69. The van der Waals surface area contributed by atoms with Crippen LogP contribution in [-0.4, -0.2) is 122 Å². The SMILES string of the molecule is C=C/C(=C(\N=C/C)[C@H](C)OC)c1c2c3cc(ccc3n1CC)-c1cccc(c1)C[C@H](NC(=O)[C@H](C(C)C)N(C)C(=O)[C@H]1CCN(S(=O)(=O)C=C(C)C)C1)C(=O)N1CCC[C@H](N1)C(=O)OCC(C)(C)C2. The lowest BCUT2D eigenvalue weighted by molar-refractivity contribution is -0.155. The van der Waals surface area contributed by atoms with Crippen molar-refractivity contribution in [2.75, 3.05) is 40.4 Å². The fourth-order valence-corrected chi connectivity index (χ4v) is 11.5. The first-order valence-electron chi connectivity index (χ1n) is 24.2. The van der Waals surface area contributed by atoms with Crippen molar-refractivity contribution in [3.63, 3.8) is 0 Å². The minimum Gasteiger partial charge on any atom is -0.464 e. The van der Waals surface area contributed by atoms with Gasteiger partial charge < -0.3 is 24.3 Å². The number of amides is 3. The van der Waals surface area contributed by atoms with Gasteiger partial charge in [-0.3, -0.25) is 29.2 Å². The number of rotatable bonds is 13. The third kappa shape index (κ3) is 11.8. The number of nitrogens with one attached hydrogen (secondary N) is 2. The van der Waals surface area contributed by atoms with Crippen LogP contribution in [0, 0.1) is 17.3 Å². The van der Waals surface area contributed by atoms with Gasteiger partial charge in [-0.15, -0.1) is 0 Å². The molecule has 16 heteroatoms. The van der Waals surface area contributed by atoms with Crippen molar-refractivity contribution >= 4 is 56.4 Å². The van der Waals surface area contributed by atoms with Crippen LogP contribution in [0.5, 0.6) is 0 Å². The molecule has 3 amide bonds.